The van der Waals surface area contributed by atoms with Crippen LogP contribution in [0.3, 0.4) is 0 Å². The molecule has 1 fully saturated rings. The Labute approximate surface area is 180 Å². The number of aromatic amines is 1. The van der Waals surface area contributed by atoms with Crippen molar-refractivity contribution in [2.24, 2.45) is 4.99 Å². The Morgan fingerprint density at radius 3 is 2.62 bits per heavy atom. The minimum Gasteiger partial charge on any atom is -0.354 e. The van der Waals surface area contributed by atoms with Gasteiger partial charge >= 0.3 is 0 Å². The van der Waals surface area contributed by atoms with E-state index in [1.165, 1.54) is 5.56 Å². The van der Waals surface area contributed by atoms with Gasteiger partial charge in [-0.3, -0.25) is 15.0 Å². The third-order valence-electron chi connectivity index (χ3n) is 4.48. The normalized spacial score (nSPS) is 16.2. The number of rotatable bonds is 5. The van der Waals surface area contributed by atoms with E-state index in [1.807, 2.05) is 13.1 Å². The number of aromatic nitrogens is 2. The molecule has 0 radical (unpaired) electrons. The van der Waals surface area contributed by atoms with Crippen LogP contribution in [0.1, 0.15) is 24.1 Å². The van der Waals surface area contributed by atoms with Crippen LogP contribution in [0.4, 0.5) is 0 Å². The van der Waals surface area contributed by atoms with Crippen LogP contribution in [0, 0.1) is 0 Å². The number of hydrogen-bond acceptors (Lipinski definition) is 3. The summed E-state index contributed by atoms with van der Waals surface area (Å²) in [6.07, 6.45) is 4.01. The molecule has 0 atom stereocenters. The topological polar surface area (TPSA) is 68.3 Å². The first kappa shape index (κ1) is 21.2. The molecule has 0 aliphatic carbocycles. The number of piperidine rings is 1. The van der Waals surface area contributed by atoms with Crippen LogP contribution in [-0.2, 0) is 13.1 Å². The highest BCUT2D eigenvalue weighted by Crippen LogP contribution is 2.16. The number of guanidine groups is 1. The Balaban J connectivity index is 0.00000243. The van der Waals surface area contributed by atoms with Gasteiger partial charge in [-0.2, -0.15) is 5.10 Å². The van der Waals surface area contributed by atoms with Gasteiger partial charge in [0, 0.05) is 43.4 Å². The molecule has 2 aromatic rings. The van der Waals surface area contributed by atoms with Gasteiger partial charge in [0.1, 0.15) is 0 Å². The van der Waals surface area contributed by atoms with Gasteiger partial charge < -0.3 is 10.6 Å². The lowest BCUT2D eigenvalue weighted by Gasteiger charge is -2.33. The number of nitrogens with one attached hydrogen (secondary N) is 3. The highest BCUT2D eigenvalue weighted by Gasteiger charge is 2.20. The molecule has 2 heterocycles. The molecule has 0 bridgehead atoms. The average Bonchev–Trinajstić information content (AvgIpc) is 3.15. The van der Waals surface area contributed by atoms with Crippen molar-refractivity contribution in [1.82, 2.24) is 25.7 Å². The van der Waals surface area contributed by atoms with Crippen LogP contribution in [0.5, 0.6) is 0 Å². The molecular formula is C18H26BrIN6. The molecule has 1 saturated heterocycles. The minimum absolute atomic E-state index is 0. The van der Waals surface area contributed by atoms with Gasteiger partial charge in [0.25, 0.3) is 0 Å². The van der Waals surface area contributed by atoms with Gasteiger partial charge in [0.15, 0.2) is 5.96 Å². The molecule has 3 N–H and O–H groups in total. The highest BCUT2D eigenvalue weighted by molar-refractivity contribution is 14.0. The van der Waals surface area contributed by atoms with Crippen molar-refractivity contribution in [2.75, 3.05) is 20.1 Å². The maximum absolute atomic E-state index is 4.32. The fraction of sp³-hybridized carbons (Fsp3) is 0.444. The second-order valence-corrected chi connectivity index (χ2v) is 7.24. The lowest BCUT2D eigenvalue weighted by molar-refractivity contribution is 0.198. The predicted octanol–water partition coefficient (Wildman–Crippen LogP) is 3.12. The van der Waals surface area contributed by atoms with Crippen LogP contribution >= 0.6 is 39.9 Å². The summed E-state index contributed by atoms with van der Waals surface area (Å²) in [4.78, 5) is 6.83. The van der Waals surface area contributed by atoms with Crippen LogP contribution in [0.25, 0.3) is 0 Å². The molecule has 1 aliphatic heterocycles. The maximum Gasteiger partial charge on any atom is 0.191 e. The molecule has 1 aromatic heterocycles. The van der Waals surface area contributed by atoms with Gasteiger partial charge in [-0.05, 0) is 36.6 Å². The first-order valence-corrected chi connectivity index (χ1v) is 9.44. The van der Waals surface area contributed by atoms with E-state index in [1.54, 1.807) is 6.20 Å². The van der Waals surface area contributed by atoms with Crippen LogP contribution in [0.2, 0.25) is 0 Å². The molecule has 1 aromatic carbocycles. The number of aliphatic imine (C=N–C) groups is 1. The zero-order chi connectivity index (χ0) is 17.5. The lowest BCUT2D eigenvalue weighted by Crippen LogP contribution is -2.48. The van der Waals surface area contributed by atoms with Crippen molar-refractivity contribution >= 4 is 45.9 Å². The van der Waals surface area contributed by atoms with Gasteiger partial charge in [-0.25, -0.2) is 0 Å². The van der Waals surface area contributed by atoms with Crippen molar-refractivity contribution in [3.05, 3.63) is 52.3 Å². The first-order chi connectivity index (χ1) is 12.2. The molecule has 0 spiro atoms. The van der Waals surface area contributed by atoms with Crippen LogP contribution < -0.4 is 10.6 Å². The van der Waals surface area contributed by atoms with E-state index in [0.717, 1.165) is 48.6 Å². The summed E-state index contributed by atoms with van der Waals surface area (Å²) in [7, 11) is 1.81. The summed E-state index contributed by atoms with van der Waals surface area (Å²) in [5, 5.41) is 13.8. The number of nitrogens with zero attached hydrogens (tertiary/aromatic N) is 3. The molecule has 0 saturated carbocycles. The zero-order valence-corrected chi connectivity index (χ0v) is 18.8. The van der Waals surface area contributed by atoms with E-state index in [-0.39, 0.29) is 24.0 Å². The largest absolute Gasteiger partial charge is 0.354 e. The van der Waals surface area contributed by atoms with E-state index in [0.29, 0.717) is 12.6 Å². The summed E-state index contributed by atoms with van der Waals surface area (Å²) in [6.45, 7) is 3.92. The first-order valence-electron chi connectivity index (χ1n) is 8.65. The van der Waals surface area contributed by atoms with Crippen molar-refractivity contribution < 1.29 is 0 Å². The fourth-order valence-corrected chi connectivity index (χ4v) is 3.30. The van der Waals surface area contributed by atoms with Crippen LogP contribution in [-0.4, -0.2) is 47.2 Å². The Kier molecular flexibility index (Phi) is 8.86. The van der Waals surface area contributed by atoms with Crippen molar-refractivity contribution in [3.63, 3.8) is 0 Å². The van der Waals surface area contributed by atoms with E-state index in [4.69, 9.17) is 0 Å². The van der Waals surface area contributed by atoms with Gasteiger partial charge in [0.05, 0.1) is 12.2 Å². The zero-order valence-electron chi connectivity index (χ0n) is 14.9. The number of hydrogen-bond donors (Lipinski definition) is 3. The molecule has 3 rings (SSSR count). The molecule has 8 heteroatoms. The maximum atomic E-state index is 4.32. The quantitative estimate of drug-likeness (QED) is 0.314. The Morgan fingerprint density at radius 2 is 2.00 bits per heavy atom. The standard InChI is InChI=1S/C18H25BrN6.HI/c1-20-18(21-12-17-6-9-22-24-17)23-16-7-10-25(11-8-16)13-14-2-4-15(19)5-3-14;/h2-6,9,16H,7-8,10-13H2,1H3,(H,22,24)(H2,20,21,23);1H. The molecular weight excluding hydrogens is 507 g/mol. The van der Waals surface area contributed by atoms with E-state index in [9.17, 15) is 0 Å². The minimum atomic E-state index is 0. The summed E-state index contributed by atoms with van der Waals surface area (Å²) in [5.74, 6) is 0.848. The Morgan fingerprint density at radius 1 is 1.27 bits per heavy atom. The number of benzene rings is 1. The molecule has 1 aliphatic rings. The molecule has 6 nitrogen and oxygen atoms in total. The smallest absolute Gasteiger partial charge is 0.191 e. The van der Waals surface area contributed by atoms with E-state index in [2.05, 4.69) is 70.9 Å². The van der Waals surface area contributed by atoms with Crippen molar-refractivity contribution in [1.29, 1.82) is 0 Å². The monoisotopic (exact) mass is 532 g/mol. The average molecular weight is 533 g/mol. The van der Waals surface area contributed by atoms with Crippen molar-refractivity contribution in [2.45, 2.75) is 32.0 Å². The number of likely N-dealkylation sites (tertiary alicyclic amines) is 1. The molecule has 142 valence electrons. The molecule has 0 unspecified atom stereocenters. The van der Waals surface area contributed by atoms with E-state index < -0.39 is 0 Å². The SMILES string of the molecule is CN=C(NCc1ccn[nH]1)NC1CCN(Cc2ccc(Br)cc2)CC1.I. The second kappa shape index (κ2) is 10.9. The van der Waals surface area contributed by atoms with Gasteiger partial charge in [-0.1, -0.05) is 28.1 Å². The Hall–Kier alpha value is -1.13. The summed E-state index contributed by atoms with van der Waals surface area (Å²) in [6, 6.07) is 11.0. The summed E-state index contributed by atoms with van der Waals surface area (Å²) in [5.41, 5.74) is 2.42. The molecule has 26 heavy (non-hydrogen) atoms. The Bertz CT molecular complexity index is 665. The highest BCUT2D eigenvalue weighted by atomic mass is 127. The lowest BCUT2D eigenvalue weighted by atomic mass is 10.0. The summed E-state index contributed by atoms with van der Waals surface area (Å²) < 4.78 is 1.13. The van der Waals surface area contributed by atoms with Crippen LogP contribution in [0.15, 0.2) is 46.0 Å². The third-order valence-corrected chi connectivity index (χ3v) is 5.00. The number of H-pyrrole nitrogens is 1. The van der Waals surface area contributed by atoms with Gasteiger partial charge in [0.2, 0.25) is 0 Å². The molecule has 0 amide bonds. The predicted molar refractivity (Wildman–Crippen MR) is 120 cm³/mol. The van der Waals surface area contributed by atoms with Gasteiger partial charge in [-0.15, -0.1) is 24.0 Å². The number of halogens is 2. The fourth-order valence-electron chi connectivity index (χ4n) is 3.03. The summed E-state index contributed by atoms with van der Waals surface area (Å²) >= 11 is 3.49. The second-order valence-electron chi connectivity index (χ2n) is 6.33. The van der Waals surface area contributed by atoms with Crippen molar-refractivity contribution in [3.8, 4) is 0 Å². The van der Waals surface area contributed by atoms with E-state index >= 15 is 0 Å². The third kappa shape index (κ3) is 6.55.